The molecule has 3 heterocycles. The van der Waals surface area contributed by atoms with E-state index in [2.05, 4.69) is 60.5 Å². The lowest BCUT2D eigenvalue weighted by molar-refractivity contribution is 0.385. The number of para-hydroxylation sites is 1. The Hall–Kier alpha value is -4.03. The summed E-state index contributed by atoms with van der Waals surface area (Å²) in [5.74, 6) is 1.28. The van der Waals surface area contributed by atoms with E-state index in [9.17, 15) is 8.42 Å². The third kappa shape index (κ3) is 5.76. The van der Waals surface area contributed by atoms with E-state index in [4.69, 9.17) is 0 Å². The molecule has 1 saturated heterocycles. The van der Waals surface area contributed by atoms with Gasteiger partial charge in [0.15, 0.2) is 0 Å². The largest absolute Gasteiger partial charge is 0.347 e. The number of aromatic nitrogens is 4. The summed E-state index contributed by atoms with van der Waals surface area (Å²) in [4.78, 5) is 17.4. The highest BCUT2D eigenvalue weighted by Crippen LogP contribution is 2.22. The maximum atomic E-state index is 11.9. The molecule has 38 heavy (non-hydrogen) atoms. The average Bonchev–Trinajstić information content (AvgIpc) is 3.26. The standard InChI is InChI=1S/C26H31N9O2S/c1-32(2)25-28-24(29-26(30-25)33-13-15-35(16-14-33)38(3,36)37)31-27-17-21-19-34(18-20-9-5-4-6-10-20)23-12-8-7-11-22(21)23/h4-12,17,19H,13-16,18H2,1-3H3,(H,28,29,30,31)/b27-17+. The van der Waals surface area contributed by atoms with Gasteiger partial charge in [0.2, 0.25) is 27.9 Å². The first-order chi connectivity index (χ1) is 18.3. The monoisotopic (exact) mass is 533 g/mol. The quantitative estimate of drug-likeness (QED) is 0.272. The Kier molecular flexibility index (Phi) is 7.25. The van der Waals surface area contributed by atoms with Crippen molar-refractivity contribution in [2.24, 2.45) is 5.10 Å². The van der Waals surface area contributed by atoms with Crippen LogP contribution in [0, 0.1) is 0 Å². The van der Waals surface area contributed by atoms with E-state index in [-0.39, 0.29) is 0 Å². The summed E-state index contributed by atoms with van der Waals surface area (Å²) >= 11 is 0. The first kappa shape index (κ1) is 25.6. The van der Waals surface area contributed by atoms with Gasteiger partial charge >= 0.3 is 0 Å². The van der Waals surface area contributed by atoms with Crippen LogP contribution in [0.4, 0.5) is 17.8 Å². The predicted octanol–water partition coefficient (Wildman–Crippen LogP) is 2.47. The van der Waals surface area contributed by atoms with Crippen LogP contribution >= 0.6 is 0 Å². The molecular weight excluding hydrogens is 502 g/mol. The number of fused-ring (bicyclic) bond motifs is 1. The third-order valence-electron chi connectivity index (χ3n) is 6.39. The summed E-state index contributed by atoms with van der Waals surface area (Å²) in [6, 6.07) is 18.6. The summed E-state index contributed by atoms with van der Waals surface area (Å²) in [6.45, 7) is 2.52. The van der Waals surface area contributed by atoms with Gasteiger partial charge in [-0.05, 0) is 11.6 Å². The molecule has 2 aromatic carbocycles. The second kappa shape index (κ2) is 10.8. The first-order valence-electron chi connectivity index (χ1n) is 12.3. The van der Waals surface area contributed by atoms with Crippen molar-refractivity contribution in [3.8, 4) is 0 Å². The summed E-state index contributed by atoms with van der Waals surface area (Å²) < 4.78 is 27.4. The summed E-state index contributed by atoms with van der Waals surface area (Å²) in [5, 5.41) is 5.55. The molecule has 4 aromatic rings. The fourth-order valence-electron chi connectivity index (χ4n) is 4.41. The SMILES string of the molecule is CN(C)c1nc(N/N=C/c2cn(Cc3ccccc3)c3ccccc23)nc(N2CCN(S(C)(=O)=O)CC2)n1. The van der Waals surface area contributed by atoms with E-state index in [0.29, 0.717) is 44.0 Å². The zero-order chi connectivity index (χ0) is 26.7. The van der Waals surface area contributed by atoms with Crippen LogP contribution in [0.15, 0.2) is 65.9 Å². The predicted molar refractivity (Wildman–Crippen MR) is 151 cm³/mol. The number of rotatable bonds is 8. The number of piperazine rings is 1. The van der Waals surface area contributed by atoms with Crippen LogP contribution in [-0.4, -0.2) is 85.0 Å². The van der Waals surface area contributed by atoms with E-state index >= 15 is 0 Å². The van der Waals surface area contributed by atoms with E-state index < -0.39 is 10.0 Å². The Morgan fingerprint density at radius 2 is 1.68 bits per heavy atom. The van der Waals surface area contributed by atoms with Gasteiger partial charge in [-0.1, -0.05) is 48.5 Å². The zero-order valence-corrected chi connectivity index (χ0v) is 22.5. The van der Waals surface area contributed by atoms with E-state index in [0.717, 1.165) is 23.0 Å². The van der Waals surface area contributed by atoms with Crippen LogP contribution in [0.3, 0.4) is 0 Å². The summed E-state index contributed by atoms with van der Waals surface area (Å²) in [7, 11) is 0.494. The number of sulfonamides is 1. The first-order valence-corrected chi connectivity index (χ1v) is 14.2. The fraction of sp³-hybridized carbons (Fsp3) is 0.308. The molecule has 1 fully saturated rings. The minimum absolute atomic E-state index is 0.313. The molecule has 0 bridgehead atoms. The lowest BCUT2D eigenvalue weighted by Crippen LogP contribution is -2.49. The molecule has 1 aliphatic rings. The normalized spacial score (nSPS) is 14.9. The fourth-order valence-corrected chi connectivity index (χ4v) is 5.24. The Balaban J connectivity index is 1.36. The van der Waals surface area contributed by atoms with Gasteiger partial charge in [-0.25, -0.2) is 13.8 Å². The maximum Gasteiger partial charge on any atom is 0.250 e. The Morgan fingerprint density at radius 1 is 0.974 bits per heavy atom. The van der Waals surface area contributed by atoms with Crippen molar-refractivity contribution < 1.29 is 8.42 Å². The van der Waals surface area contributed by atoms with Gasteiger partial charge in [0.1, 0.15) is 0 Å². The minimum atomic E-state index is -3.22. The van der Waals surface area contributed by atoms with Crippen LogP contribution in [0.2, 0.25) is 0 Å². The van der Waals surface area contributed by atoms with Gasteiger partial charge in [-0.2, -0.15) is 24.4 Å². The van der Waals surface area contributed by atoms with Gasteiger partial charge in [0.25, 0.3) is 0 Å². The zero-order valence-electron chi connectivity index (χ0n) is 21.7. The van der Waals surface area contributed by atoms with Crippen molar-refractivity contribution in [2.75, 3.05) is 61.8 Å². The second-order valence-electron chi connectivity index (χ2n) is 9.39. The van der Waals surface area contributed by atoms with Crippen LogP contribution in [0.5, 0.6) is 0 Å². The highest BCUT2D eigenvalue weighted by atomic mass is 32.2. The van der Waals surface area contributed by atoms with Crippen molar-refractivity contribution in [3.05, 3.63) is 71.9 Å². The Labute approximate surface area is 222 Å². The number of hydrogen-bond acceptors (Lipinski definition) is 9. The van der Waals surface area contributed by atoms with Gasteiger partial charge in [0.05, 0.1) is 12.5 Å². The summed E-state index contributed by atoms with van der Waals surface area (Å²) in [5.41, 5.74) is 6.29. The van der Waals surface area contributed by atoms with Gasteiger partial charge in [-0.15, -0.1) is 0 Å². The molecule has 198 valence electrons. The average molecular weight is 534 g/mol. The molecule has 0 radical (unpaired) electrons. The molecule has 1 aliphatic heterocycles. The number of hydrazone groups is 1. The highest BCUT2D eigenvalue weighted by Gasteiger charge is 2.25. The van der Waals surface area contributed by atoms with Gasteiger partial charge in [-0.3, -0.25) is 0 Å². The molecule has 2 aromatic heterocycles. The van der Waals surface area contributed by atoms with Gasteiger partial charge < -0.3 is 14.4 Å². The molecule has 0 spiro atoms. The maximum absolute atomic E-state index is 11.9. The number of benzene rings is 2. The van der Waals surface area contributed by atoms with Crippen molar-refractivity contribution in [3.63, 3.8) is 0 Å². The van der Waals surface area contributed by atoms with Gasteiger partial charge in [0, 0.05) is 69.5 Å². The Morgan fingerprint density at radius 3 is 2.39 bits per heavy atom. The summed E-state index contributed by atoms with van der Waals surface area (Å²) in [6.07, 6.45) is 5.09. The van der Waals surface area contributed by atoms with E-state index in [1.165, 1.54) is 16.1 Å². The molecule has 0 aliphatic carbocycles. The number of nitrogens with one attached hydrogen (secondary N) is 1. The molecule has 0 atom stereocenters. The molecule has 11 nitrogen and oxygen atoms in total. The smallest absolute Gasteiger partial charge is 0.250 e. The Bertz CT molecular complexity index is 1540. The third-order valence-corrected chi connectivity index (χ3v) is 7.69. The van der Waals surface area contributed by atoms with Crippen LogP contribution in [0.25, 0.3) is 10.9 Å². The molecule has 0 saturated carbocycles. The lowest BCUT2D eigenvalue weighted by atomic mass is 10.2. The topological polar surface area (TPSA) is 112 Å². The van der Waals surface area contributed by atoms with Crippen LogP contribution < -0.4 is 15.2 Å². The second-order valence-corrected chi connectivity index (χ2v) is 11.4. The van der Waals surface area contributed by atoms with Crippen molar-refractivity contribution in [1.29, 1.82) is 0 Å². The molecule has 0 unspecified atom stereocenters. The number of nitrogens with zero attached hydrogens (tertiary/aromatic N) is 8. The van der Waals surface area contributed by atoms with E-state index in [1.54, 1.807) is 11.1 Å². The number of anilines is 3. The molecule has 5 rings (SSSR count). The van der Waals surface area contributed by atoms with Crippen LogP contribution in [-0.2, 0) is 16.6 Å². The van der Waals surface area contributed by atoms with E-state index in [1.807, 2.05) is 49.3 Å². The van der Waals surface area contributed by atoms with Crippen molar-refractivity contribution in [2.45, 2.75) is 6.54 Å². The molecule has 12 heteroatoms. The molecule has 0 amide bonds. The lowest BCUT2D eigenvalue weighted by Gasteiger charge is -2.33. The minimum Gasteiger partial charge on any atom is -0.347 e. The van der Waals surface area contributed by atoms with Crippen molar-refractivity contribution in [1.82, 2.24) is 23.8 Å². The number of hydrogen-bond donors (Lipinski definition) is 1. The highest BCUT2D eigenvalue weighted by molar-refractivity contribution is 7.88. The van der Waals surface area contributed by atoms with Crippen LogP contribution in [0.1, 0.15) is 11.1 Å². The molecular formula is C26H31N9O2S. The van der Waals surface area contributed by atoms with Crippen molar-refractivity contribution >= 4 is 45.0 Å². The molecule has 1 N–H and O–H groups in total.